The monoisotopic (exact) mass is 450 g/mol. The maximum absolute atomic E-state index is 12.5. The molecule has 1 spiro atoms. The van der Waals surface area contributed by atoms with E-state index in [0.29, 0.717) is 11.4 Å². The minimum Gasteiger partial charge on any atom is -0.456 e. The van der Waals surface area contributed by atoms with Crippen LogP contribution in [0.5, 0.6) is 0 Å². The fourth-order valence-corrected chi connectivity index (χ4v) is 4.32. The molecule has 2 unspecified atom stereocenters. The number of nitrogens with zero attached hydrogens (tertiary/aromatic N) is 2. The molecule has 0 radical (unpaired) electrons. The Hall–Kier alpha value is -2.54. The summed E-state index contributed by atoms with van der Waals surface area (Å²) in [5, 5.41) is 7.41. The van der Waals surface area contributed by atoms with Crippen molar-refractivity contribution in [3.8, 4) is 0 Å². The summed E-state index contributed by atoms with van der Waals surface area (Å²) in [5.41, 5.74) is 2.54. The second-order valence-corrected chi connectivity index (χ2v) is 8.60. The normalized spacial score (nSPS) is 20.5. The van der Waals surface area contributed by atoms with Gasteiger partial charge in [0.05, 0.1) is 23.4 Å². The van der Waals surface area contributed by atoms with Gasteiger partial charge in [-0.25, -0.2) is 0 Å². The Balaban J connectivity index is 1.62. The van der Waals surface area contributed by atoms with Crippen LogP contribution in [-0.2, 0) is 9.53 Å². The second kappa shape index (κ2) is 8.19. The Kier molecular flexibility index (Phi) is 5.73. The number of hydrogen-bond acceptors (Lipinski definition) is 4. The predicted octanol–water partition coefficient (Wildman–Crippen LogP) is 5.84. The van der Waals surface area contributed by atoms with Crippen molar-refractivity contribution in [1.82, 2.24) is 0 Å². The van der Waals surface area contributed by atoms with Gasteiger partial charge in [0.25, 0.3) is 0 Å². The molecule has 1 aliphatic heterocycles. The molecule has 0 N–H and O–H groups in total. The highest BCUT2D eigenvalue weighted by Crippen LogP contribution is 2.58. The minimum absolute atomic E-state index is 0.169. The number of rotatable bonds is 6. The van der Waals surface area contributed by atoms with E-state index in [-0.39, 0.29) is 11.5 Å². The lowest BCUT2D eigenvalue weighted by molar-refractivity contribution is -0.189. The van der Waals surface area contributed by atoms with Crippen molar-refractivity contribution in [1.29, 1.82) is 0 Å². The van der Waals surface area contributed by atoms with Crippen LogP contribution in [0.1, 0.15) is 31.7 Å². The van der Waals surface area contributed by atoms with Gasteiger partial charge in [0.1, 0.15) is 0 Å². The number of hydrogen-bond donors (Lipinski definition) is 0. The third-order valence-corrected chi connectivity index (χ3v) is 6.15. The molecule has 2 aromatic carbocycles. The molecular formula is C23H22ClF3N2O2. The molecule has 0 bridgehead atoms. The van der Waals surface area contributed by atoms with Gasteiger partial charge in [-0.05, 0) is 49.1 Å². The average molecular weight is 451 g/mol. The molecule has 8 heteroatoms. The zero-order valence-corrected chi connectivity index (χ0v) is 17.7. The van der Waals surface area contributed by atoms with Gasteiger partial charge in [0.2, 0.25) is 0 Å². The highest BCUT2D eigenvalue weighted by molar-refractivity contribution is 6.30. The second-order valence-electron chi connectivity index (χ2n) is 8.17. The molecule has 1 heterocycles. The van der Waals surface area contributed by atoms with Gasteiger partial charge in [-0.2, -0.15) is 18.3 Å². The van der Waals surface area contributed by atoms with Crippen molar-refractivity contribution in [2.75, 3.05) is 11.6 Å². The number of esters is 1. The number of benzene rings is 2. The molecule has 1 aliphatic carbocycles. The first-order chi connectivity index (χ1) is 14.7. The zero-order valence-electron chi connectivity index (χ0n) is 16.9. The molecule has 1 fully saturated rings. The van der Waals surface area contributed by atoms with Crippen LogP contribution in [0, 0.1) is 11.3 Å². The van der Waals surface area contributed by atoms with Crippen molar-refractivity contribution < 1.29 is 22.7 Å². The van der Waals surface area contributed by atoms with E-state index in [4.69, 9.17) is 16.7 Å². The lowest BCUT2D eigenvalue weighted by Gasteiger charge is -2.30. The van der Waals surface area contributed by atoms with E-state index in [2.05, 4.69) is 4.74 Å². The van der Waals surface area contributed by atoms with Crippen LogP contribution in [0.4, 0.5) is 18.9 Å². The number of ether oxygens (including phenoxy) is 1. The van der Waals surface area contributed by atoms with Crippen LogP contribution in [-0.4, -0.2) is 30.5 Å². The van der Waals surface area contributed by atoms with Crippen LogP contribution in [0.2, 0.25) is 5.02 Å². The molecule has 2 aliphatic rings. The molecule has 4 rings (SSSR count). The quantitative estimate of drug-likeness (QED) is 0.519. The standard InChI is InChI=1S/C23H22ClF3N2O2/c1-15(21(30)31-14-23(25,26)27)13-19-22(11-12-22)20(16-5-3-2-4-6-16)28-29(19)18-9-7-17(24)8-10-18/h2-10,15,19H,11-14H2,1H3. The largest absolute Gasteiger partial charge is 0.456 e. The van der Waals surface area contributed by atoms with Gasteiger partial charge < -0.3 is 4.74 Å². The average Bonchev–Trinajstić information content (AvgIpc) is 3.47. The fourth-order valence-electron chi connectivity index (χ4n) is 4.20. The van der Waals surface area contributed by atoms with E-state index in [1.807, 2.05) is 47.5 Å². The molecule has 31 heavy (non-hydrogen) atoms. The number of alkyl halides is 3. The molecule has 2 aromatic rings. The van der Waals surface area contributed by atoms with Crippen molar-refractivity contribution in [2.45, 2.75) is 38.4 Å². The molecule has 2 atom stereocenters. The van der Waals surface area contributed by atoms with E-state index in [0.717, 1.165) is 29.8 Å². The Morgan fingerprint density at radius 2 is 1.84 bits per heavy atom. The Labute approximate surface area is 183 Å². The highest BCUT2D eigenvalue weighted by atomic mass is 35.5. The number of halogens is 4. The smallest absolute Gasteiger partial charge is 0.422 e. The lowest BCUT2D eigenvalue weighted by Crippen LogP contribution is -2.38. The SMILES string of the molecule is CC(CC1N(c2ccc(Cl)cc2)N=C(c2ccccc2)C12CC2)C(=O)OCC(F)(F)F. The molecule has 0 saturated heterocycles. The van der Waals surface area contributed by atoms with Gasteiger partial charge in [-0.15, -0.1) is 0 Å². The molecule has 0 aromatic heterocycles. The van der Waals surface area contributed by atoms with E-state index in [1.165, 1.54) is 0 Å². The highest BCUT2D eigenvalue weighted by Gasteiger charge is 2.60. The maximum atomic E-state index is 12.5. The van der Waals surface area contributed by atoms with Crippen LogP contribution < -0.4 is 5.01 Å². The third kappa shape index (κ3) is 4.56. The topological polar surface area (TPSA) is 41.9 Å². The summed E-state index contributed by atoms with van der Waals surface area (Å²) in [6.07, 6.45) is -2.40. The summed E-state index contributed by atoms with van der Waals surface area (Å²) in [6.45, 7) is 0.0357. The summed E-state index contributed by atoms with van der Waals surface area (Å²) in [6, 6.07) is 16.9. The first-order valence-corrected chi connectivity index (χ1v) is 10.5. The zero-order chi connectivity index (χ0) is 22.2. The van der Waals surface area contributed by atoms with Gasteiger partial charge in [-0.3, -0.25) is 9.80 Å². The predicted molar refractivity (Wildman–Crippen MR) is 113 cm³/mol. The van der Waals surface area contributed by atoms with Crippen LogP contribution in [0.15, 0.2) is 59.7 Å². The first kappa shape index (κ1) is 21.7. The van der Waals surface area contributed by atoms with Crippen LogP contribution in [0.25, 0.3) is 0 Å². The summed E-state index contributed by atoms with van der Waals surface area (Å²) in [7, 11) is 0. The van der Waals surface area contributed by atoms with E-state index < -0.39 is 24.7 Å². The molecule has 1 saturated carbocycles. The van der Waals surface area contributed by atoms with Gasteiger partial charge >= 0.3 is 12.1 Å². The number of carbonyl (C=O) groups excluding carboxylic acids is 1. The van der Waals surface area contributed by atoms with Crippen molar-refractivity contribution in [3.05, 3.63) is 65.2 Å². The van der Waals surface area contributed by atoms with E-state index in [1.54, 1.807) is 19.1 Å². The van der Waals surface area contributed by atoms with Gasteiger partial charge in [0.15, 0.2) is 6.61 Å². The van der Waals surface area contributed by atoms with Gasteiger partial charge in [0, 0.05) is 10.4 Å². The fraction of sp³-hybridized carbons (Fsp3) is 0.391. The summed E-state index contributed by atoms with van der Waals surface area (Å²) >= 11 is 6.04. The van der Waals surface area contributed by atoms with Crippen molar-refractivity contribution in [3.63, 3.8) is 0 Å². The number of anilines is 1. The molecule has 4 nitrogen and oxygen atoms in total. The van der Waals surface area contributed by atoms with Crippen molar-refractivity contribution in [2.24, 2.45) is 16.4 Å². The molecule has 164 valence electrons. The molecule has 0 amide bonds. The van der Waals surface area contributed by atoms with E-state index in [9.17, 15) is 18.0 Å². The minimum atomic E-state index is -4.54. The maximum Gasteiger partial charge on any atom is 0.422 e. The lowest BCUT2D eigenvalue weighted by atomic mass is 9.83. The van der Waals surface area contributed by atoms with Crippen LogP contribution in [0.3, 0.4) is 0 Å². The summed E-state index contributed by atoms with van der Waals surface area (Å²) < 4.78 is 41.9. The van der Waals surface area contributed by atoms with Crippen molar-refractivity contribution >= 4 is 29.0 Å². The number of carbonyl (C=O) groups is 1. The third-order valence-electron chi connectivity index (χ3n) is 5.90. The van der Waals surface area contributed by atoms with Gasteiger partial charge in [-0.1, -0.05) is 48.9 Å². The van der Waals surface area contributed by atoms with Crippen LogP contribution >= 0.6 is 11.6 Å². The Bertz CT molecular complexity index is 973. The Morgan fingerprint density at radius 1 is 1.19 bits per heavy atom. The Morgan fingerprint density at radius 3 is 2.42 bits per heavy atom. The molecular weight excluding hydrogens is 429 g/mol. The summed E-state index contributed by atoms with van der Waals surface area (Å²) in [5.74, 6) is -1.55. The number of hydrazone groups is 1. The van der Waals surface area contributed by atoms with E-state index >= 15 is 0 Å². The summed E-state index contributed by atoms with van der Waals surface area (Å²) in [4.78, 5) is 12.3. The first-order valence-electron chi connectivity index (χ1n) is 10.1.